The van der Waals surface area contributed by atoms with E-state index in [1.165, 1.54) is 32.1 Å². The van der Waals surface area contributed by atoms with Gasteiger partial charge in [0.15, 0.2) is 0 Å². The van der Waals surface area contributed by atoms with Crippen LogP contribution in [0.25, 0.3) is 0 Å². The molecule has 0 heterocycles. The Bertz CT molecular complexity index is 74.9. The first-order valence-electron chi connectivity index (χ1n) is 4.31. The first kappa shape index (κ1) is 16.0. The molecule has 0 amide bonds. The van der Waals surface area contributed by atoms with Crippen LogP contribution in [-0.4, -0.2) is 20.3 Å². The predicted octanol–water partition coefficient (Wildman–Crippen LogP) is -1.03. The maximum Gasteiger partial charge on any atom is 1.00 e. The Kier molecular flexibility index (Phi) is 16.7. The molecule has 1 saturated carbocycles. The summed E-state index contributed by atoms with van der Waals surface area (Å²) in [5, 5.41) is 2.50. The number of hydrogen-bond acceptors (Lipinski definition) is 2. The molecule has 0 aromatic heterocycles. The van der Waals surface area contributed by atoms with Gasteiger partial charge < -0.3 is 10.1 Å². The van der Waals surface area contributed by atoms with Crippen molar-refractivity contribution >= 4 is 0 Å². The third-order valence-electron chi connectivity index (χ3n) is 1.89. The van der Waals surface area contributed by atoms with Crippen LogP contribution in [0.15, 0.2) is 0 Å². The summed E-state index contributed by atoms with van der Waals surface area (Å²) < 4.78 is 5.19. The van der Waals surface area contributed by atoms with Crippen molar-refractivity contribution in [1.82, 2.24) is 5.32 Å². The van der Waals surface area contributed by atoms with E-state index in [9.17, 15) is 0 Å². The second-order valence-corrected chi connectivity index (χ2v) is 2.85. The first-order valence-corrected chi connectivity index (χ1v) is 4.31. The molecule has 0 aromatic rings. The van der Waals surface area contributed by atoms with Gasteiger partial charge in [0.05, 0.1) is 6.10 Å². The van der Waals surface area contributed by atoms with Crippen LogP contribution in [0.3, 0.4) is 0 Å². The molecule has 0 saturated heterocycles. The van der Waals surface area contributed by atoms with Crippen molar-refractivity contribution in [3.63, 3.8) is 0 Å². The molecule has 0 spiro atoms. The molecule has 1 aliphatic rings. The Hall–Kier alpha value is 1.56. The third-order valence-corrected chi connectivity index (χ3v) is 1.89. The van der Waals surface area contributed by atoms with Crippen molar-refractivity contribution in [3.8, 4) is 0 Å². The van der Waals surface area contributed by atoms with Gasteiger partial charge in [0.1, 0.15) is 0 Å². The van der Waals surface area contributed by atoms with Crippen molar-refractivity contribution in [2.24, 2.45) is 0 Å². The fraction of sp³-hybridized carbons (Fsp3) is 0.889. The molecule has 0 radical (unpaired) electrons. The van der Waals surface area contributed by atoms with Gasteiger partial charge >= 0.3 is 51.4 Å². The number of hydrogen-bond donors (Lipinski definition) is 1. The smallest absolute Gasteiger partial charge is 0.475 e. The van der Waals surface area contributed by atoms with Gasteiger partial charge in [-0.15, -0.1) is 0 Å². The predicted molar refractivity (Wildman–Crippen MR) is 48.3 cm³/mol. The van der Waals surface area contributed by atoms with Gasteiger partial charge in [-0.2, -0.15) is 0 Å². The summed E-state index contributed by atoms with van der Waals surface area (Å²) >= 11 is 0. The average Bonchev–Trinajstić information content (AvgIpc) is 2.08. The molecular formula is C9H20KNO. The molecule has 0 aromatic carbocycles. The number of nitrogens with one attached hydrogen (secondary N) is 1. The van der Waals surface area contributed by atoms with E-state index in [-0.39, 0.29) is 51.4 Å². The van der Waals surface area contributed by atoms with Crippen LogP contribution in [0, 0.1) is 7.05 Å². The van der Waals surface area contributed by atoms with E-state index in [1.807, 2.05) is 7.11 Å². The van der Waals surface area contributed by atoms with Crippen LogP contribution in [0.4, 0.5) is 0 Å². The van der Waals surface area contributed by atoms with Gasteiger partial charge in [0.2, 0.25) is 0 Å². The van der Waals surface area contributed by atoms with Gasteiger partial charge in [-0.25, -0.2) is 0 Å². The van der Waals surface area contributed by atoms with E-state index < -0.39 is 0 Å². The van der Waals surface area contributed by atoms with E-state index in [4.69, 9.17) is 4.74 Å². The summed E-state index contributed by atoms with van der Waals surface area (Å²) in [6.45, 7) is 0. The monoisotopic (exact) mass is 197 g/mol. The minimum absolute atomic E-state index is 0. The molecule has 68 valence electrons. The zero-order valence-corrected chi connectivity index (χ0v) is 11.9. The third kappa shape index (κ3) is 9.64. The van der Waals surface area contributed by atoms with Crippen LogP contribution in [0.1, 0.15) is 32.1 Å². The summed E-state index contributed by atoms with van der Waals surface area (Å²) in [4.78, 5) is 0. The van der Waals surface area contributed by atoms with Crippen molar-refractivity contribution in [3.05, 3.63) is 7.05 Å². The minimum Gasteiger partial charge on any atom is -0.475 e. The summed E-state index contributed by atoms with van der Waals surface area (Å²) in [6.07, 6.45) is 7.33. The number of rotatable bonds is 1. The zero-order valence-electron chi connectivity index (χ0n) is 8.73. The quantitative estimate of drug-likeness (QED) is 0.429. The Morgan fingerprint density at radius 2 is 1.67 bits per heavy atom. The number of methoxy groups -OCH3 is 1. The Morgan fingerprint density at radius 3 is 1.92 bits per heavy atom. The van der Waals surface area contributed by atoms with E-state index >= 15 is 0 Å². The zero-order chi connectivity index (χ0) is 8.53. The molecule has 0 aliphatic heterocycles. The SMILES string of the molecule is COC1CCCCC1.[CH2-]NC.[K+]. The van der Waals surface area contributed by atoms with Crippen molar-refractivity contribution in [2.75, 3.05) is 14.2 Å². The standard InChI is InChI=1S/C7H14O.C2H6N.K/c1-8-7-5-3-2-4-6-7;1-3-2;/h7H,2-6H2,1H3;3H,1H2,2H3;/q;-1;+1. The number of ether oxygens (including phenoxy) is 1. The summed E-state index contributed by atoms with van der Waals surface area (Å²) in [5.41, 5.74) is 0. The molecule has 1 fully saturated rings. The van der Waals surface area contributed by atoms with Crippen LogP contribution in [-0.2, 0) is 4.74 Å². The molecule has 1 rings (SSSR count). The largest absolute Gasteiger partial charge is 1.00 e. The molecule has 1 N–H and O–H groups in total. The van der Waals surface area contributed by atoms with Gasteiger partial charge in [-0.1, -0.05) is 19.3 Å². The van der Waals surface area contributed by atoms with Gasteiger partial charge in [-0.05, 0) is 19.9 Å². The first-order chi connectivity index (χ1) is 5.35. The van der Waals surface area contributed by atoms with Crippen molar-refractivity contribution in [2.45, 2.75) is 38.2 Å². The molecule has 1 aliphatic carbocycles. The van der Waals surface area contributed by atoms with Gasteiger partial charge in [0.25, 0.3) is 0 Å². The van der Waals surface area contributed by atoms with Crippen LogP contribution >= 0.6 is 0 Å². The van der Waals surface area contributed by atoms with E-state index in [1.54, 1.807) is 7.05 Å². The topological polar surface area (TPSA) is 21.3 Å². The van der Waals surface area contributed by atoms with Crippen LogP contribution < -0.4 is 56.7 Å². The molecular weight excluding hydrogens is 177 g/mol. The Morgan fingerprint density at radius 1 is 1.25 bits per heavy atom. The molecule has 0 unspecified atom stereocenters. The Labute approximate surface area is 119 Å². The molecule has 0 bridgehead atoms. The average molecular weight is 197 g/mol. The molecule has 12 heavy (non-hydrogen) atoms. The van der Waals surface area contributed by atoms with E-state index in [2.05, 4.69) is 12.4 Å². The molecule has 3 heteroatoms. The minimum atomic E-state index is 0. The van der Waals surface area contributed by atoms with Crippen LogP contribution in [0.2, 0.25) is 0 Å². The summed E-state index contributed by atoms with van der Waals surface area (Å²) in [7, 11) is 6.82. The van der Waals surface area contributed by atoms with Crippen LogP contribution in [0.5, 0.6) is 0 Å². The maximum atomic E-state index is 5.19. The fourth-order valence-corrected chi connectivity index (χ4v) is 1.30. The van der Waals surface area contributed by atoms with Gasteiger partial charge in [0, 0.05) is 7.11 Å². The Balaban J connectivity index is 0. The second-order valence-electron chi connectivity index (χ2n) is 2.85. The fourth-order valence-electron chi connectivity index (χ4n) is 1.30. The van der Waals surface area contributed by atoms with Crippen molar-refractivity contribution < 1.29 is 56.1 Å². The van der Waals surface area contributed by atoms with Gasteiger partial charge in [-0.3, -0.25) is 7.05 Å². The summed E-state index contributed by atoms with van der Waals surface area (Å²) in [6, 6.07) is 0. The van der Waals surface area contributed by atoms with E-state index in [0.29, 0.717) is 6.10 Å². The second kappa shape index (κ2) is 12.6. The van der Waals surface area contributed by atoms with Crippen molar-refractivity contribution in [1.29, 1.82) is 0 Å². The maximum absolute atomic E-state index is 5.19. The summed E-state index contributed by atoms with van der Waals surface area (Å²) in [5.74, 6) is 0. The molecule has 0 atom stereocenters. The van der Waals surface area contributed by atoms with E-state index in [0.717, 1.165) is 0 Å². The molecule has 2 nitrogen and oxygen atoms in total. The normalized spacial score (nSPS) is 17.2.